The van der Waals surface area contributed by atoms with E-state index in [1.165, 1.54) is 5.56 Å². The third kappa shape index (κ3) is 2.65. The third-order valence-corrected chi connectivity index (χ3v) is 3.50. The van der Waals surface area contributed by atoms with E-state index in [1.54, 1.807) is 0 Å². The van der Waals surface area contributed by atoms with Crippen LogP contribution in [0.2, 0.25) is 0 Å². The van der Waals surface area contributed by atoms with E-state index < -0.39 is 5.97 Å². The number of carboxylic acid groups (broad SMARTS) is 1. The lowest BCUT2D eigenvalue weighted by atomic mass is 10.00. The van der Waals surface area contributed by atoms with E-state index in [-0.39, 0.29) is 6.42 Å². The van der Waals surface area contributed by atoms with Gasteiger partial charge in [0.2, 0.25) is 0 Å². The molecule has 1 aromatic heterocycles. The number of carbonyl (C=O) groups is 1. The maximum absolute atomic E-state index is 11.0. The van der Waals surface area contributed by atoms with Crippen molar-refractivity contribution in [2.24, 2.45) is 0 Å². The third-order valence-electron chi connectivity index (χ3n) is 3.50. The quantitative estimate of drug-likeness (QED) is 0.902. The summed E-state index contributed by atoms with van der Waals surface area (Å²) in [5.41, 5.74) is 3.27. The zero-order valence-corrected chi connectivity index (χ0v) is 12.0. The van der Waals surface area contributed by atoms with E-state index >= 15 is 0 Å². The average Bonchev–Trinajstić information content (AvgIpc) is 2.67. The Labute approximate surface area is 113 Å². The van der Waals surface area contributed by atoms with Crippen molar-refractivity contribution in [1.29, 1.82) is 0 Å². The predicted octanol–water partition coefficient (Wildman–Crippen LogP) is 3.97. The number of carboxylic acids is 1. The second-order valence-corrected chi connectivity index (χ2v) is 5.66. The topological polar surface area (TPSA) is 42.2 Å². The molecule has 3 nitrogen and oxygen atoms in total. The minimum absolute atomic E-state index is 0.0811. The predicted molar refractivity (Wildman–Crippen MR) is 77.8 cm³/mol. The molecule has 19 heavy (non-hydrogen) atoms. The Morgan fingerprint density at radius 1 is 1.26 bits per heavy atom. The Bertz CT molecular complexity index is 608. The van der Waals surface area contributed by atoms with E-state index in [1.807, 2.05) is 6.20 Å². The van der Waals surface area contributed by atoms with E-state index in [4.69, 9.17) is 5.11 Å². The summed E-state index contributed by atoms with van der Waals surface area (Å²) in [6.07, 6.45) is 2.06. The standard InChI is InChI=1S/C16H21NO2/c1-10(2)12-5-6-15-14(7-12)13(8-16(18)19)9-17(15)11(3)4/h5-7,9-11H,8H2,1-4H3,(H,18,19). The molecule has 0 atom stereocenters. The van der Waals surface area contributed by atoms with Crippen molar-refractivity contribution in [2.45, 2.75) is 46.1 Å². The summed E-state index contributed by atoms with van der Waals surface area (Å²) < 4.78 is 2.15. The Hall–Kier alpha value is -1.77. The van der Waals surface area contributed by atoms with E-state index in [2.05, 4.69) is 50.5 Å². The Morgan fingerprint density at radius 3 is 2.47 bits per heavy atom. The molecule has 3 heteroatoms. The van der Waals surface area contributed by atoms with Crippen LogP contribution in [0.4, 0.5) is 0 Å². The van der Waals surface area contributed by atoms with E-state index in [0.717, 1.165) is 16.5 Å². The first-order valence-corrected chi connectivity index (χ1v) is 6.75. The first-order valence-electron chi connectivity index (χ1n) is 6.75. The molecule has 1 heterocycles. The van der Waals surface area contributed by atoms with Gasteiger partial charge in [-0.15, -0.1) is 0 Å². The molecule has 0 aliphatic carbocycles. The number of aliphatic carboxylic acids is 1. The highest BCUT2D eigenvalue weighted by atomic mass is 16.4. The Morgan fingerprint density at radius 2 is 1.95 bits per heavy atom. The van der Waals surface area contributed by atoms with Gasteiger partial charge in [0, 0.05) is 23.1 Å². The summed E-state index contributed by atoms with van der Waals surface area (Å²) in [6, 6.07) is 6.71. The van der Waals surface area contributed by atoms with Gasteiger partial charge in [0.05, 0.1) is 6.42 Å². The second kappa shape index (κ2) is 5.08. The van der Waals surface area contributed by atoms with Gasteiger partial charge in [0.1, 0.15) is 0 Å². The molecule has 0 aliphatic heterocycles. The van der Waals surface area contributed by atoms with Gasteiger partial charge < -0.3 is 9.67 Å². The van der Waals surface area contributed by atoms with Crippen molar-refractivity contribution >= 4 is 16.9 Å². The second-order valence-electron chi connectivity index (χ2n) is 5.66. The van der Waals surface area contributed by atoms with Gasteiger partial charge in [-0.05, 0) is 43.0 Å². The summed E-state index contributed by atoms with van der Waals surface area (Å²) in [7, 11) is 0. The minimum Gasteiger partial charge on any atom is -0.481 e. The van der Waals surface area contributed by atoms with Crippen LogP contribution in [0.5, 0.6) is 0 Å². The van der Waals surface area contributed by atoms with Crippen LogP contribution in [-0.2, 0) is 11.2 Å². The van der Waals surface area contributed by atoms with Crippen LogP contribution >= 0.6 is 0 Å². The summed E-state index contributed by atoms with van der Waals surface area (Å²) in [6.45, 7) is 8.52. The molecule has 0 spiro atoms. The zero-order valence-electron chi connectivity index (χ0n) is 12.0. The molecular formula is C16H21NO2. The molecule has 0 amide bonds. The monoisotopic (exact) mass is 259 g/mol. The molecule has 102 valence electrons. The molecule has 0 unspecified atom stereocenters. The molecule has 0 saturated carbocycles. The fraction of sp³-hybridized carbons (Fsp3) is 0.438. The highest BCUT2D eigenvalue weighted by molar-refractivity contribution is 5.88. The summed E-state index contributed by atoms with van der Waals surface area (Å²) in [4.78, 5) is 11.0. The first kappa shape index (κ1) is 13.7. The molecule has 0 saturated heterocycles. The SMILES string of the molecule is CC(C)c1ccc2c(c1)c(CC(=O)O)cn2C(C)C. The number of rotatable bonds is 4. The maximum Gasteiger partial charge on any atom is 0.307 e. The van der Waals surface area contributed by atoms with Crippen LogP contribution in [0, 0.1) is 0 Å². The van der Waals surface area contributed by atoms with Gasteiger partial charge in [-0.25, -0.2) is 0 Å². The van der Waals surface area contributed by atoms with Gasteiger partial charge in [-0.1, -0.05) is 19.9 Å². The van der Waals surface area contributed by atoms with Gasteiger partial charge >= 0.3 is 5.97 Å². The lowest BCUT2D eigenvalue weighted by molar-refractivity contribution is -0.136. The molecule has 0 radical (unpaired) electrons. The zero-order chi connectivity index (χ0) is 14.2. The van der Waals surface area contributed by atoms with Crippen molar-refractivity contribution in [1.82, 2.24) is 4.57 Å². The van der Waals surface area contributed by atoms with Crippen LogP contribution in [0.25, 0.3) is 10.9 Å². The molecular weight excluding hydrogens is 238 g/mol. The number of fused-ring (bicyclic) bond motifs is 1. The van der Waals surface area contributed by atoms with Crippen LogP contribution in [0.3, 0.4) is 0 Å². The van der Waals surface area contributed by atoms with Crippen molar-refractivity contribution in [3.8, 4) is 0 Å². The fourth-order valence-corrected chi connectivity index (χ4v) is 2.43. The van der Waals surface area contributed by atoms with Crippen LogP contribution < -0.4 is 0 Å². The molecule has 2 rings (SSSR count). The van der Waals surface area contributed by atoms with Gasteiger partial charge in [0.25, 0.3) is 0 Å². The lowest BCUT2D eigenvalue weighted by Gasteiger charge is -2.10. The number of benzene rings is 1. The molecule has 2 aromatic rings. The number of hydrogen-bond donors (Lipinski definition) is 1. The van der Waals surface area contributed by atoms with Crippen LogP contribution in [0.1, 0.15) is 50.8 Å². The van der Waals surface area contributed by atoms with Gasteiger partial charge in [-0.3, -0.25) is 4.79 Å². The van der Waals surface area contributed by atoms with E-state index in [0.29, 0.717) is 12.0 Å². The van der Waals surface area contributed by atoms with Crippen molar-refractivity contribution in [2.75, 3.05) is 0 Å². The Balaban J connectivity index is 2.65. The minimum atomic E-state index is -0.780. The number of nitrogens with zero attached hydrogens (tertiary/aromatic N) is 1. The summed E-state index contributed by atoms with van der Waals surface area (Å²) in [5.74, 6) is -0.331. The molecule has 1 aromatic carbocycles. The summed E-state index contributed by atoms with van der Waals surface area (Å²) in [5, 5.41) is 10.1. The van der Waals surface area contributed by atoms with Crippen LogP contribution in [0.15, 0.2) is 24.4 Å². The highest BCUT2D eigenvalue weighted by Crippen LogP contribution is 2.28. The smallest absolute Gasteiger partial charge is 0.307 e. The molecule has 0 bridgehead atoms. The first-order chi connectivity index (χ1) is 8.90. The lowest BCUT2D eigenvalue weighted by Crippen LogP contribution is -2.00. The van der Waals surface area contributed by atoms with Crippen LogP contribution in [-0.4, -0.2) is 15.6 Å². The van der Waals surface area contributed by atoms with E-state index in [9.17, 15) is 4.79 Å². The summed E-state index contributed by atoms with van der Waals surface area (Å²) >= 11 is 0. The van der Waals surface area contributed by atoms with Gasteiger partial charge in [0.15, 0.2) is 0 Å². The molecule has 1 N–H and O–H groups in total. The van der Waals surface area contributed by atoms with Gasteiger partial charge in [-0.2, -0.15) is 0 Å². The van der Waals surface area contributed by atoms with Crippen molar-refractivity contribution in [3.05, 3.63) is 35.5 Å². The number of aromatic nitrogens is 1. The average molecular weight is 259 g/mol. The van der Waals surface area contributed by atoms with Crippen molar-refractivity contribution in [3.63, 3.8) is 0 Å². The molecule has 0 aliphatic rings. The maximum atomic E-state index is 11.0. The number of hydrogen-bond acceptors (Lipinski definition) is 1. The fourth-order valence-electron chi connectivity index (χ4n) is 2.43. The largest absolute Gasteiger partial charge is 0.481 e. The Kier molecular flexibility index (Phi) is 3.65. The normalized spacial score (nSPS) is 11.7. The molecule has 0 fully saturated rings. The van der Waals surface area contributed by atoms with Crippen molar-refractivity contribution < 1.29 is 9.90 Å². The highest BCUT2D eigenvalue weighted by Gasteiger charge is 2.14.